The van der Waals surface area contributed by atoms with E-state index < -0.39 is 0 Å². The van der Waals surface area contributed by atoms with Gasteiger partial charge in [0.1, 0.15) is 11.5 Å². The van der Waals surface area contributed by atoms with E-state index in [9.17, 15) is 9.59 Å². The minimum Gasteiger partial charge on any atom is -0.354 e. The molecule has 0 unspecified atom stereocenters. The molecule has 1 aliphatic heterocycles. The van der Waals surface area contributed by atoms with E-state index in [0.29, 0.717) is 13.1 Å². The van der Waals surface area contributed by atoms with Crippen molar-refractivity contribution in [2.45, 2.75) is 39.8 Å². The molecule has 0 spiro atoms. The maximum Gasteiger partial charge on any atom is 0.271 e. The lowest BCUT2D eigenvalue weighted by atomic mass is 10.2. The third-order valence-corrected chi connectivity index (χ3v) is 5.23. The molecule has 0 atom stereocenters. The summed E-state index contributed by atoms with van der Waals surface area (Å²) in [6.45, 7) is 10.3. The van der Waals surface area contributed by atoms with Gasteiger partial charge in [-0.2, -0.15) is 5.10 Å². The van der Waals surface area contributed by atoms with Crippen molar-refractivity contribution in [1.29, 1.82) is 0 Å². The lowest BCUT2D eigenvalue weighted by Gasteiger charge is -2.34. The average molecular weight is 399 g/mol. The highest BCUT2D eigenvalue weighted by atomic mass is 16.2. The monoisotopic (exact) mass is 398 g/mol. The van der Waals surface area contributed by atoms with Gasteiger partial charge in [0.2, 0.25) is 0 Å². The Morgan fingerprint density at radius 3 is 2.55 bits per heavy atom. The molecule has 0 saturated carbocycles. The number of aryl methyl sites for hydroxylation is 1. The summed E-state index contributed by atoms with van der Waals surface area (Å²) in [7, 11) is 0. The van der Waals surface area contributed by atoms with Crippen molar-refractivity contribution >= 4 is 11.7 Å². The van der Waals surface area contributed by atoms with Crippen LogP contribution >= 0.6 is 0 Å². The number of unbranched alkanes of at least 4 members (excludes halogenated alkanes) is 1. The van der Waals surface area contributed by atoms with Crippen LogP contribution in [-0.2, 0) is 13.1 Å². The van der Waals surface area contributed by atoms with Crippen molar-refractivity contribution in [3.63, 3.8) is 0 Å². The van der Waals surface area contributed by atoms with E-state index in [2.05, 4.69) is 32.1 Å². The van der Waals surface area contributed by atoms with Crippen molar-refractivity contribution in [2.24, 2.45) is 0 Å². The van der Waals surface area contributed by atoms with Gasteiger partial charge < -0.3 is 15.1 Å². The van der Waals surface area contributed by atoms with Crippen LogP contribution in [0.2, 0.25) is 0 Å². The third-order valence-electron chi connectivity index (χ3n) is 5.23. The van der Waals surface area contributed by atoms with Crippen molar-refractivity contribution < 1.29 is 4.79 Å². The lowest BCUT2D eigenvalue weighted by Crippen LogP contribution is -2.46. The summed E-state index contributed by atoms with van der Waals surface area (Å²) < 4.78 is 1.35. The Labute approximate surface area is 171 Å². The standard InChI is InChI=1S/C21H30N6O2/c1-3-5-10-27-20(28)9-7-18(24-27)21(29)23-16-17-6-8-19(22-15-17)26-13-11-25(4-2)12-14-26/h6-9,15H,3-5,10-14,16H2,1-2H3,(H,23,29). The number of anilines is 1. The van der Waals surface area contributed by atoms with E-state index in [4.69, 9.17) is 0 Å². The molecule has 29 heavy (non-hydrogen) atoms. The van der Waals surface area contributed by atoms with Gasteiger partial charge in [-0.15, -0.1) is 0 Å². The first kappa shape index (κ1) is 21.0. The van der Waals surface area contributed by atoms with Crippen LogP contribution < -0.4 is 15.8 Å². The first-order chi connectivity index (χ1) is 14.1. The molecule has 1 aliphatic rings. The van der Waals surface area contributed by atoms with Gasteiger partial charge >= 0.3 is 0 Å². The topological polar surface area (TPSA) is 83.4 Å². The zero-order valence-electron chi connectivity index (χ0n) is 17.3. The molecule has 1 N–H and O–H groups in total. The first-order valence-corrected chi connectivity index (χ1v) is 10.4. The van der Waals surface area contributed by atoms with Crippen molar-refractivity contribution in [2.75, 3.05) is 37.6 Å². The highest BCUT2D eigenvalue weighted by Crippen LogP contribution is 2.14. The minimum atomic E-state index is -0.296. The number of hydrogen-bond acceptors (Lipinski definition) is 6. The van der Waals surface area contributed by atoms with Crippen LogP contribution in [0, 0.1) is 0 Å². The molecule has 1 amide bonds. The van der Waals surface area contributed by atoms with Crippen LogP contribution in [0.4, 0.5) is 5.82 Å². The van der Waals surface area contributed by atoms with E-state index in [1.165, 1.54) is 16.8 Å². The predicted molar refractivity (Wildman–Crippen MR) is 113 cm³/mol. The molecule has 0 radical (unpaired) electrons. The summed E-state index contributed by atoms with van der Waals surface area (Å²) in [6, 6.07) is 6.86. The Kier molecular flexibility index (Phi) is 7.35. The molecular weight excluding hydrogens is 368 g/mol. The molecule has 8 heteroatoms. The fraction of sp³-hybridized carbons (Fsp3) is 0.524. The van der Waals surface area contributed by atoms with Crippen molar-refractivity contribution in [3.05, 3.63) is 52.1 Å². The van der Waals surface area contributed by atoms with Crippen molar-refractivity contribution in [3.8, 4) is 0 Å². The number of rotatable bonds is 8. The fourth-order valence-electron chi connectivity index (χ4n) is 3.31. The van der Waals surface area contributed by atoms with E-state index in [1.54, 1.807) is 6.20 Å². The van der Waals surface area contributed by atoms with Gasteiger partial charge in [-0.1, -0.05) is 26.3 Å². The Balaban J connectivity index is 1.55. The number of carbonyl (C=O) groups is 1. The maximum absolute atomic E-state index is 12.4. The molecule has 0 aromatic carbocycles. The van der Waals surface area contributed by atoms with Gasteiger partial charge in [0.25, 0.3) is 11.5 Å². The van der Waals surface area contributed by atoms with Crippen LogP contribution in [0.15, 0.2) is 35.3 Å². The number of nitrogens with one attached hydrogen (secondary N) is 1. The zero-order chi connectivity index (χ0) is 20.6. The SMILES string of the molecule is CCCCn1nc(C(=O)NCc2ccc(N3CCN(CC)CC3)nc2)ccc1=O. The largest absolute Gasteiger partial charge is 0.354 e. The number of pyridine rings is 1. The minimum absolute atomic E-state index is 0.186. The highest BCUT2D eigenvalue weighted by Gasteiger charge is 2.16. The summed E-state index contributed by atoms with van der Waals surface area (Å²) in [4.78, 5) is 33.5. The molecule has 3 rings (SSSR count). The Morgan fingerprint density at radius 2 is 1.90 bits per heavy atom. The molecule has 3 heterocycles. The number of piperazine rings is 1. The number of aromatic nitrogens is 3. The van der Waals surface area contributed by atoms with Crippen LogP contribution in [-0.4, -0.2) is 58.3 Å². The summed E-state index contributed by atoms with van der Waals surface area (Å²) in [5.41, 5.74) is 0.988. The number of hydrogen-bond donors (Lipinski definition) is 1. The van der Waals surface area contributed by atoms with Gasteiger partial charge in [0.05, 0.1) is 0 Å². The van der Waals surface area contributed by atoms with Crippen LogP contribution in [0.1, 0.15) is 42.7 Å². The molecule has 0 aliphatic carbocycles. The first-order valence-electron chi connectivity index (χ1n) is 10.4. The maximum atomic E-state index is 12.4. The van der Waals surface area contributed by atoms with E-state index in [-0.39, 0.29) is 17.2 Å². The normalized spacial score (nSPS) is 14.8. The predicted octanol–water partition coefficient (Wildman–Crippen LogP) is 1.51. The quantitative estimate of drug-likeness (QED) is 0.726. The number of nitrogens with zero attached hydrogens (tertiary/aromatic N) is 5. The number of carbonyl (C=O) groups excluding carboxylic acids is 1. The number of amides is 1. The Bertz CT molecular complexity index is 856. The van der Waals surface area contributed by atoms with E-state index in [1.807, 2.05) is 19.1 Å². The van der Waals surface area contributed by atoms with E-state index >= 15 is 0 Å². The van der Waals surface area contributed by atoms with Gasteiger partial charge in [-0.3, -0.25) is 9.59 Å². The second-order valence-corrected chi connectivity index (χ2v) is 7.26. The molecule has 1 saturated heterocycles. The summed E-state index contributed by atoms with van der Waals surface area (Å²) in [5.74, 6) is 0.676. The van der Waals surface area contributed by atoms with Crippen molar-refractivity contribution in [1.82, 2.24) is 25.0 Å². The molecule has 2 aromatic rings. The Hall–Kier alpha value is -2.74. The summed E-state index contributed by atoms with van der Waals surface area (Å²) in [6.07, 6.45) is 3.61. The van der Waals surface area contributed by atoms with Crippen LogP contribution in [0.3, 0.4) is 0 Å². The third kappa shape index (κ3) is 5.63. The fourth-order valence-corrected chi connectivity index (χ4v) is 3.31. The molecule has 2 aromatic heterocycles. The Morgan fingerprint density at radius 1 is 1.10 bits per heavy atom. The van der Waals surface area contributed by atoms with Gasteiger partial charge in [0.15, 0.2) is 0 Å². The molecule has 1 fully saturated rings. The average Bonchev–Trinajstić information content (AvgIpc) is 2.77. The second kappa shape index (κ2) is 10.2. The molecule has 0 bridgehead atoms. The van der Waals surface area contributed by atoms with Gasteiger partial charge in [0, 0.05) is 51.5 Å². The second-order valence-electron chi connectivity index (χ2n) is 7.26. The lowest BCUT2D eigenvalue weighted by molar-refractivity contribution is 0.0943. The summed E-state index contributed by atoms with van der Waals surface area (Å²) >= 11 is 0. The smallest absolute Gasteiger partial charge is 0.271 e. The molecule has 156 valence electrons. The van der Waals surface area contributed by atoms with Gasteiger partial charge in [-0.05, 0) is 30.7 Å². The number of likely N-dealkylation sites (N-methyl/N-ethyl adjacent to an activating group) is 1. The van der Waals surface area contributed by atoms with Crippen LogP contribution in [0.5, 0.6) is 0 Å². The van der Waals surface area contributed by atoms with E-state index in [0.717, 1.165) is 56.9 Å². The molecule has 8 nitrogen and oxygen atoms in total. The molecular formula is C21H30N6O2. The zero-order valence-corrected chi connectivity index (χ0v) is 17.3. The van der Waals surface area contributed by atoms with Gasteiger partial charge in [-0.25, -0.2) is 9.67 Å². The van der Waals surface area contributed by atoms with Crippen LogP contribution in [0.25, 0.3) is 0 Å². The highest BCUT2D eigenvalue weighted by molar-refractivity contribution is 5.91. The summed E-state index contributed by atoms with van der Waals surface area (Å²) in [5, 5.41) is 7.03.